The van der Waals surface area contributed by atoms with Gasteiger partial charge in [0.1, 0.15) is 6.04 Å². The highest BCUT2D eigenvalue weighted by atomic mass is 32.2. The summed E-state index contributed by atoms with van der Waals surface area (Å²) in [6.45, 7) is 1.23. The lowest BCUT2D eigenvalue weighted by Crippen LogP contribution is -2.38. The average Bonchev–Trinajstić information content (AvgIpc) is 2.54. The van der Waals surface area contributed by atoms with Crippen molar-refractivity contribution < 1.29 is 22.7 Å². The van der Waals surface area contributed by atoms with Crippen molar-refractivity contribution >= 4 is 16.0 Å². The minimum absolute atomic E-state index is 0.300. The number of carboxylic acid groups (broad SMARTS) is 1. The second-order valence-electron chi connectivity index (χ2n) is 2.61. The van der Waals surface area contributed by atoms with Crippen molar-refractivity contribution in [2.24, 2.45) is 0 Å². The van der Waals surface area contributed by atoms with Crippen LogP contribution >= 0.6 is 0 Å². The first kappa shape index (κ1) is 10.7. The fraction of sp³-hybridized carbons (Fsp3) is 0.286. The lowest BCUT2D eigenvalue weighted by Gasteiger charge is -2.07. The number of carbonyl (C=O) groups is 1. The van der Waals surface area contributed by atoms with E-state index in [-0.39, 0.29) is 5.09 Å². The molecule has 0 aliphatic rings. The van der Waals surface area contributed by atoms with Gasteiger partial charge in [-0.05, 0) is 19.1 Å². The van der Waals surface area contributed by atoms with Crippen LogP contribution in [0.1, 0.15) is 6.92 Å². The highest BCUT2D eigenvalue weighted by Crippen LogP contribution is 2.08. The van der Waals surface area contributed by atoms with Gasteiger partial charge < -0.3 is 9.52 Å². The molecule has 0 unspecified atom stereocenters. The Morgan fingerprint density at radius 1 is 1.64 bits per heavy atom. The van der Waals surface area contributed by atoms with Gasteiger partial charge in [0.15, 0.2) is 0 Å². The number of sulfonamides is 1. The molecule has 0 radical (unpaired) electrons. The maximum absolute atomic E-state index is 11.3. The monoisotopic (exact) mass is 219 g/mol. The van der Waals surface area contributed by atoms with E-state index in [0.717, 1.165) is 0 Å². The molecule has 1 aromatic heterocycles. The summed E-state index contributed by atoms with van der Waals surface area (Å²) in [6.07, 6.45) is 1.19. The maximum Gasteiger partial charge on any atom is 0.321 e. The molecule has 0 saturated carbocycles. The summed E-state index contributed by atoms with van der Waals surface area (Å²) < 4.78 is 29.3. The van der Waals surface area contributed by atoms with Crippen molar-refractivity contribution in [1.82, 2.24) is 4.72 Å². The summed E-state index contributed by atoms with van der Waals surface area (Å²) in [5, 5.41) is 8.18. The summed E-state index contributed by atoms with van der Waals surface area (Å²) in [6, 6.07) is 1.45. The third-order valence-corrected chi connectivity index (χ3v) is 2.89. The van der Waals surface area contributed by atoms with Gasteiger partial charge in [-0.15, -0.1) is 0 Å². The van der Waals surface area contributed by atoms with E-state index in [4.69, 9.17) is 5.11 Å². The molecule has 0 amide bonds. The molecule has 7 heteroatoms. The van der Waals surface area contributed by atoms with Gasteiger partial charge in [-0.2, -0.15) is 4.72 Å². The number of aliphatic carboxylic acids is 1. The molecule has 14 heavy (non-hydrogen) atoms. The molecule has 0 spiro atoms. The molecule has 0 aliphatic heterocycles. The van der Waals surface area contributed by atoms with Crippen molar-refractivity contribution in [3.63, 3.8) is 0 Å². The van der Waals surface area contributed by atoms with Crippen molar-refractivity contribution in [2.45, 2.75) is 18.1 Å². The van der Waals surface area contributed by atoms with E-state index < -0.39 is 22.0 Å². The largest absolute Gasteiger partial charge is 0.480 e. The minimum atomic E-state index is -3.86. The molecule has 78 valence electrons. The van der Waals surface area contributed by atoms with Crippen LogP contribution in [0.25, 0.3) is 0 Å². The second kappa shape index (κ2) is 3.81. The van der Waals surface area contributed by atoms with E-state index in [2.05, 4.69) is 4.42 Å². The van der Waals surface area contributed by atoms with Crippen LogP contribution in [-0.2, 0) is 14.8 Å². The van der Waals surface area contributed by atoms with Gasteiger partial charge in [-0.25, -0.2) is 8.42 Å². The lowest BCUT2D eigenvalue weighted by atomic mass is 10.4. The smallest absolute Gasteiger partial charge is 0.321 e. The first-order chi connectivity index (χ1) is 6.43. The highest BCUT2D eigenvalue weighted by Gasteiger charge is 2.23. The van der Waals surface area contributed by atoms with Crippen LogP contribution in [0.2, 0.25) is 0 Å². The van der Waals surface area contributed by atoms with Gasteiger partial charge in [-0.1, -0.05) is 0 Å². The zero-order valence-electron chi connectivity index (χ0n) is 7.30. The fourth-order valence-corrected chi connectivity index (χ4v) is 1.88. The van der Waals surface area contributed by atoms with Gasteiger partial charge in [0.05, 0.1) is 6.26 Å². The second-order valence-corrected chi connectivity index (χ2v) is 4.26. The number of rotatable bonds is 4. The van der Waals surface area contributed by atoms with Crippen molar-refractivity contribution in [3.8, 4) is 0 Å². The molecule has 1 aromatic rings. The average molecular weight is 219 g/mol. The Hall–Kier alpha value is -1.34. The van der Waals surface area contributed by atoms with E-state index in [9.17, 15) is 13.2 Å². The quantitative estimate of drug-likeness (QED) is 0.744. The molecule has 1 heterocycles. The summed E-state index contributed by atoms with van der Waals surface area (Å²) in [7, 11) is -3.86. The van der Waals surface area contributed by atoms with E-state index in [1.165, 1.54) is 25.3 Å². The van der Waals surface area contributed by atoms with E-state index >= 15 is 0 Å². The Labute approximate surface area is 80.6 Å². The minimum Gasteiger partial charge on any atom is -0.480 e. The van der Waals surface area contributed by atoms with E-state index in [1.807, 2.05) is 4.72 Å². The number of nitrogens with one attached hydrogen (secondary N) is 1. The normalized spacial score (nSPS) is 13.8. The van der Waals surface area contributed by atoms with E-state index in [0.29, 0.717) is 0 Å². The van der Waals surface area contributed by atoms with Gasteiger partial charge in [0.25, 0.3) is 10.0 Å². The molecular formula is C7H9NO5S. The molecular weight excluding hydrogens is 210 g/mol. The third kappa shape index (κ3) is 2.33. The molecule has 0 bridgehead atoms. The molecule has 0 fully saturated rings. The molecule has 0 aromatic carbocycles. The SMILES string of the molecule is C[C@H](NS(=O)(=O)c1ccco1)C(=O)O. The maximum atomic E-state index is 11.3. The predicted octanol–water partition coefficient (Wildman–Crippen LogP) is 0.0310. The van der Waals surface area contributed by atoms with Crippen LogP contribution < -0.4 is 4.72 Å². The van der Waals surface area contributed by atoms with Gasteiger partial charge in [0, 0.05) is 0 Å². The summed E-state index contributed by atoms with van der Waals surface area (Å²) in [5.74, 6) is -1.25. The molecule has 6 nitrogen and oxygen atoms in total. The van der Waals surface area contributed by atoms with Crippen LogP contribution in [0.3, 0.4) is 0 Å². The Kier molecular flexibility index (Phi) is 2.92. The number of carboxylic acids is 1. The molecule has 1 rings (SSSR count). The van der Waals surface area contributed by atoms with Crippen LogP contribution in [0, 0.1) is 0 Å². The number of furan rings is 1. The predicted molar refractivity (Wildman–Crippen MR) is 46.1 cm³/mol. The van der Waals surface area contributed by atoms with Crippen LogP contribution in [-0.4, -0.2) is 25.5 Å². The number of hydrogen-bond acceptors (Lipinski definition) is 4. The molecule has 2 N–H and O–H groups in total. The van der Waals surface area contributed by atoms with E-state index in [1.54, 1.807) is 0 Å². The summed E-state index contributed by atoms with van der Waals surface area (Å²) >= 11 is 0. The van der Waals surface area contributed by atoms with Crippen LogP contribution in [0.4, 0.5) is 0 Å². The third-order valence-electron chi connectivity index (χ3n) is 1.46. The standard InChI is InChI=1S/C7H9NO5S/c1-5(7(9)10)8-14(11,12)6-3-2-4-13-6/h2-5,8H,1H3,(H,9,10)/t5-/m0/s1. The van der Waals surface area contributed by atoms with Crippen molar-refractivity contribution in [2.75, 3.05) is 0 Å². The zero-order valence-corrected chi connectivity index (χ0v) is 8.11. The molecule has 0 aliphatic carbocycles. The Morgan fingerprint density at radius 2 is 2.29 bits per heavy atom. The Morgan fingerprint density at radius 3 is 2.71 bits per heavy atom. The first-order valence-electron chi connectivity index (χ1n) is 3.72. The first-order valence-corrected chi connectivity index (χ1v) is 5.20. The Balaban J connectivity index is 2.84. The summed E-state index contributed by atoms with van der Waals surface area (Å²) in [4.78, 5) is 10.4. The molecule has 0 saturated heterocycles. The lowest BCUT2D eigenvalue weighted by molar-refractivity contribution is -0.138. The van der Waals surface area contributed by atoms with Gasteiger partial charge in [-0.3, -0.25) is 4.79 Å². The zero-order chi connectivity index (χ0) is 10.8. The van der Waals surface area contributed by atoms with Gasteiger partial charge in [0.2, 0.25) is 5.09 Å². The topological polar surface area (TPSA) is 96.6 Å². The fourth-order valence-electron chi connectivity index (χ4n) is 0.758. The summed E-state index contributed by atoms with van der Waals surface area (Å²) in [5.41, 5.74) is 0. The van der Waals surface area contributed by atoms with Crippen molar-refractivity contribution in [1.29, 1.82) is 0 Å². The highest BCUT2D eigenvalue weighted by molar-refractivity contribution is 7.89. The van der Waals surface area contributed by atoms with Crippen molar-refractivity contribution in [3.05, 3.63) is 18.4 Å². The van der Waals surface area contributed by atoms with Crippen LogP contribution in [0.15, 0.2) is 27.9 Å². The molecule has 1 atom stereocenters. The van der Waals surface area contributed by atoms with Gasteiger partial charge >= 0.3 is 5.97 Å². The van der Waals surface area contributed by atoms with Crippen LogP contribution in [0.5, 0.6) is 0 Å². The Bertz CT molecular complexity index is 407. The number of hydrogen-bond donors (Lipinski definition) is 2.